The summed E-state index contributed by atoms with van der Waals surface area (Å²) < 4.78 is 54.8. The Morgan fingerprint density at radius 3 is 2.51 bits per heavy atom. The van der Waals surface area contributed by atoms with Gasteiger partial charge < -0.3 is 10.2 Å². The quantitative estimate of drug-likeness (QED) is 0.311. The van der Waals surface area contributed by atoms with Gasteiger partial charge in [0.05, 0.1) is 38.8 Å². The van der Waals surface area contributed by atoms with Crippen molar-refractivity contribution >= 4 is 53.5 Å². The fourth-order valence-electron chi connectivity index (χ4n) is 5.06. The summed E-state index contributed by atoms with van der Waals surface area (Å²) >= 11 is 13.2. The van der Waals surface area contributed by atoms with E-state index in [-0.39, 0.29) is 39.5 Å². The summed E-state index contributed by atoms with van der Waals surface area (Å²) in [5, 5.41) is 2.79. The van der Waals surface area contributed by atoms with E-state index in [0.29, 0.717) is 19.4 Å². The Hall–Kier alpha value is -2.37. The summed E-state index contributed by atoms with van der Waals surface area (Å²) in [5.41, 5.74) is -2.60. The van der Waals surface area contributed by atoms with Crippen LogP contribution in [0.5, 0.6) is 0 Å². The second-order valence-electron chi connectivity index (χ2n) is 10.3. The van der Waals surface area contributed by atoms with Gasteiger partial charge in [-0.2, -0.15) is 13.2 Å². The molecule has 0 bridgehead atoms. The van der Waals surface area contributed by atoms with Gasteiger partial charge in [0, 0.05) is 22.9 Å². The van der Waals surface area contributed by atoms with Gasteiger partial charge in [-0.1, -0.05) is 23.2 Å². The fourth-order valence-corrected chi connectivity index (χ4v) is 6.70. The average molecular weight is 603 g/mol. The van der Waals surface area contributed by atoms with Crippen LogP contribution in [0, 0.1) is 5.82 Å². The lowest BCUT2D eigenvalue weighted by Crippen LogP contribution is -2.52. The van der Waals surface area contributed by atoms with Crippen LogP contribution < -0.4 is 5.32 Å². The maximum Gasteiger partial charge on any atom is 0.416 e. The Kier molecular flexibility index (Phi) is 7.39. The topological polar surface area (TPSA) is 74.7 Å². The van der Waals surface area contributed by atoms with Crippen LogP contribution in [0.4, 0.5) is 17.6 Å². The maximum atomic E-state index is 14.8. The van der Waals surface area contributed by atoms with Gasteiger partial charge >= 0.3 is 6.18 Å². The Bertz CT molecular complexity index is 1330. The van der Waals surface area contributed by atoms with Crippen LogP contribution in [0.3, 0.4) is 0 Å². The van der Waals surface area contributed by atoms with Crippen molar-refractivity contribution in [3.05, 3.63) is 57.6 Å². The number of aromatic nitrogens is 1. The Balaban J connectivity index is 1.43. The number of pyridine rings is 1. The van der Waals surface area contributed by atoms with E-state index in [1.165, 1.54) is 17.2 Å². The normalized spacial score (nSPS) is 22.9. The molecule has 0 radical (unpaired) electrons. The second kappa shape index (κ2) is 10.2. The number of likely N-dealkylation sites (tertiary alicyclic amines) is 1. The van der Waals surface area contributed by atoms with Gasteiger partial charge in [0.1, 0.15) is 11.9 Å². The molecule has 1 saturated heterocycles. The summed E-state index contributed by atoms with van der Waals surface area (Å²) in [5.74, 6) is -1.53. The first-order valence-corrected chi connectivity index (χ1v) is 13.9. The molecule has 6 nitrogen and oxygen atoms in total. The molecule has 2 aliphatic carbocycles. The SMILES string of the molecule is C=NCC1(NC(=O)[C@@H]2C[C@@H](Sc3cc(C(F)(F)F)ccc3Cl)CN2C(=O)C2(c3ncc(Cl)cc3F)CC2)CC1. The minimum absolute atomic E-state index is 0.0254. The van der Waals surface area contributed by atoms with E-state index in [1.54, 1.807) is 0 Å². The van der Waals surface area contributed by atoms with Gasteiger partial charge in [0.25, 0.3) is 0 Å². The molecule has 3 fully saturated rings. The molecule has 2 atom stereocenters. The molecule has 1 aromatic heterocycles. The van der Waals surface area contributed by atoms with Crippen molar-refractivity contribution in [3.8, 4) is 0 Å². The summed E-state index contributed by atoms with van der Waals surface area (Å²) in [6, 6.07) is 3.24. The van der Waals surface area contributed by atoms with E-state index in [4.69, 9.17) is 23.2 Å². The molecule has 2 aromatic rings. The number of nitrogens with zero attached hydrogens (tertiary/aromatic N) is 3. The van der Waals surface area contributed by atoms with E-state index < -0.39 is 45.7 Å². The first-order chi connectivity index (χ1) is 18.4. The molecule has 0 spiro atoms. The van der Waals surface area contributed by atoms with Crippen molar-refractivity contribution in [1.29, 1.82) is 0 Å². The molecule has 0 unspecified atom stereocenters. The number of carbonyl (C=O) groups excluding carboxylic acids is 2. The Morgan fingerprint density at radius 2 is 1.92 bits per heavy atom. The summed E-state index contributed by atoms with van der Waals surface area (Å²) in [6.45, 7) is 3.90. The van der Waals surface area contributed by atoms with Gasteiger partial charge in [0.15, 0.2) is 0 Å². The highest BCUT2D eigenvalue weighted by Crippen LogP contribution is 2.51. The van der Waals surface area contributed by atoms with Gasteiger partial charge in [-0.25, -0.2) is 4.39 Å². The number of alkyl halides is 3. The molecule has 13 heteroatoms. The standard InChI is InChI=1S/C26H24Cl2F4N4O2S/c1-33-13-24(4-5-24)35-22(37)19-10-16(39-20-8-14(26(30,31)32)2-3-17(20)28)12-36(19)23(38)25(6-7-25)21-18(29)9-15(27)11-34-21/h2-3,8-9,11,16,19H,1,4-7,10,12-13H2,(H,35,37)/t16-,19+/m1/s1. The Morgan fingerprint density at radius 1 is 1.21 bits per heavy atom. The lowest BCUT2D eigenvalue weighted by atomic mass is 9.98. The molecule has 2 amide bonds. The van der Waals surface area contributed by atoms with Crippen molar-refractivity contribution < 1.29 is 27.2 Å². The summed E-state index contributed by atoms with van der Waals surface area (Å²) in [6.07, 6.45) is -0.950. The van der Waals surface area contributed by atoms with E-state index in [2.05, 4.69) is 22.0 Å². The highest BCUT2D eigenvalue weighted by atomic mass is 35.5. The van der Waals surface area contributed by atoms with Crippen molar-refractivity contribution in [1.82, 2.24) is 15.2 Å². The number of carbonyl (C=O) groups is 2. The van der Waals surface area contributed by atoms with Crippen molar-refractivity contribution in [2.45, 2.75) is 65.4 Å². The zero-order valence-electron chi connectivity index (χ0n) is 20.5. The van der Waals surface area contributed by atoms with E-state index in [9.17, 15) is 27.2 Å². The third kappa shape index (κ3) is 5.63. The predicted octanol–water partition coefficient (Wildman–Crippen LogP) is 5.69. The number of benzene rings is 1. The minimum Gasteiger partial charge on any atom is -0.347 e. The number of thioether (sulfide) groups is 1. The van der Waals surface area contributed by atoms with Gasteiger partial charge in [-0.15, -0.1) is 11.8 Å². The number of aliphatic imine (C=N–C) groups is 1. The molecule has 1 N–H and O–H groups in total. The molecular weight excluding hydrogens is 579 g/mol. The average Bonchev–Trinajstić information content (AvgIpc) is 3.77. The zero-order valence-corrected chi connectivity index (χ0v) is 22.9. The molecule has 1 aromatic carbocycles. The van der Waals surface area contributed by atoms with Crippen LogP contribution in [-0.4, -0.2) is 58.3 Å². The third-order valence-corrected chi connectivity index (χ3v) is 9.37. The Labute approximate surface area is 236 Å². The van der Waals surface area contributed by atoms with Crippen LogP contribution in [0.25, 0.3) is 0 Å². The van der Waals surface area contributed by atoms with E-state index >= 15 is 0 Å². The fraction of sp³-hybridized carbons (Fsp3) is 0.462. The van der Waals surface area contributed by atoms with Crippen molar-refractivity contribution in [3.63, 3.8) is 0 Å². The monoisotopic (exact) mass is 602 g/mol. The first kappa shape index (κ1) is 28.2. The zero-order chi connectivity index (χ0) is 28.2. The minimum atomic E-state index is -4.55. The predicted molar refractivity (Wildman–Crippen MR) is 141 cm³/mol. The van der Waals surface area contributed by atoms with Gasteiger partial charge in [-0.05, 0) is 63.1 Å². The van der Waals surface area contributed by atoms with Crippen LogP contribution in [0.15, 0.2) is 40.4 Å². The second-order valence-corrected chi connectivity index (χ2v) is 12.5. The van der Waals surface area contributed by atoms with Crippen LogP contribution >= 0.6 is 35.0 Å². The number of amides is 2. The molecule has 2 heterocycles. The van der Waals surface area contributed by atoms with Gasteiger partial charge in [-0.3, -0.25) is 19.6 Å². The van der Waals surface area contributed by atoms with Crippen molar-refractivity contribution in [2.75, 3.05) is 13.1 Å². The van der Waals surface area contributed by atoms with E-state index in [0.717, 1.165) is 42.8 Å². The summed E-state index contributed by atoms with van der Waals surface area (Å²) in [7, 11) is 0. The lowest BCUT2D eigenvalue weighted by molar-refractivity contribution is -0.140. The number of nitrogens with one attached hydrogen (secondary N) is 1. The smallest absolute Gasteiger partial charge is 0.347 e. The highest BCUT2D eigenvalue weighted by Gasteiger charge is 2.59. The number of hydrogen-bond donors (Lipinski definition) is 1. The first-order valence-electron chi connectivity index (χ1n) is 12.3. The molecule has 1 aliphatic heterocycles. The van der Waals surface area contributed by atoms with Gasteiger partial charge in [0.2, 0.25) is 11.8 Å². The van der Waals surface area contributed by atoms with E-state index in [1.807, 2.05) is 0 Å². The maximum absolute atomic E-state index is 14.8. The molecular formula is C26H24Cl2F4N4O2S. The molecule has 5 rings (SSSR count). The number of hydrogen-bond acceptors (Lipinski definition) is 5. The number of rotatable bonds is 8. The van der Waals surface area contributed by atoms with Crippen LogP contribution in [0.1, 0.15) is 43.4 Å². The lowest BCUT2D eigenvalue weighted by Gasteiger charge is -2.29. The molecule has 3 aliphatic rings. The van der Waals surface area contributed by atoms with Crippen molar-refractivity contribution in [2.24, 2.45) is 4.99 Å². The largest absolute Gasteiger partial charge is 0.416 e. The highest BCUT2D eigenvalue weighted by molar-refractivity contribution is 8.00. The third-order valence-electron chi connectivity index (χ3n) is 7.46. The summed E-state index contributed by atoms with van der Waals surface area (Å²) in [4.78, 5) is 37.0. The van der Waals surface area contributed by atoms with Crippen LogP contribution in [-0.2, 0) is 21.2 Å². The molecule has 39 heavy (non-hydrogen) atoms. The molecule has 208 valence electrons. The number of halogens is 6. The van der Waals surface area contributed by atoms with Crippen LogP contribution in [0.2, 0.25) is 10.0 Å². The molecule has 2 saturated carbocycles.